The van der Waals surface area contributed by atoms with Crippen LogP contribution in [0.1, 0.15) is 69.4 Å². The predicted molar refractivity (Wildman–Crippen MR) is 258 cm³/mol. The maximum atomic E-state index is 14.4. The molecule has 1 saturated heterocycles. The van der Waals surface area contributed by atoms with Gasteiger partial charge in [0.15, 0.2) is 0 Å². The molecule has 9 atom stereocenters. The Morgan fingerprint density at radius 2 is 0.921 bits per heavy atom. The van der Waals surface area contributed by atoms with Crippen LogP contribution in [0.4, 0.5) is 0 Å². The molecule has 1 aliphatic rings. The van der Waals surface area contributed by atoms with Gasteiger partial charge in [-0.05, 0) is 74.4 Å². The van der Waals surface area contributed by atoms with Crippen molar-refractivity contribution in [3.8, 4) is 11.5 Å². The van der Waals surface area contributed by atoms with Crippen LogP contribution >= 0.6 is 0 Å². The summed E-state index contributed by atoms with van der Waals surface area (Å²) in [6, 6.07) is -4.08. The molecule has 0 radical (unpaired) electrons. The van der Waals surface area contributed by atoms with Crippen molar-refractivity contribution < 1.29 is 98.4 Å². The van der Waals surface area contributed by atoms with E-state index in [9.17, 15) is 98.4 Å². The molecule has 3 rings (SSSR count). The number of nitrogens with two attached hydrogens (primary N) is 1. The molecule has 0 aromatic heterocycles. The normalized spacial score (nSPS) is 16.1. The number of carbonyl (C=O) groups excluding carboxylic acids is 8. The first kappa shape index (κ1) is 61.9. The molecule has 0 aliphatic carbocycles. The Morgan fingerprint density at radius 1 is 0.526 bits per heavy atom. The van der Waals surface area contributed by atoms with E-state index in [1.54, 1.807) is 0 Å². The zero-order chi connectivity index (χ0) is 56.8. The van der Waals surface area contributed by atoms with E-state index in [1.807, 2.05) is 0 Å². The zero-order valence-corrected chi connectivity index (χ0v) is 41.0. The molecular formula is C47H63N9O20. The van der Waals surface area contributed by atoms with Crippen molar-refractivity contribution in [2.75, 3.05) is 19.8 Å². The van der Waals surface area contributed by atoms with Crippen molar-refractivity contribution in [2.45, 2.75) is 126 Å². The highest BCUT2D eigenvalue weighted by atomic mass is 16.4. The molecule has 1 aliphatic heterocycles. The number of hydrogen-bond acceptors (Lipinski definition) is 17. The van der Waals surface area contributed by atoms with Crippen LogP contribution in [0, 0.1) is 0 Å². The molecule has 29 nitrogen and oxygen atoms in total. The molecule has 2 aromatic carbocycles. The minimum Gasteiger partial charge on any atom is -0.508 e. The smallest absolute Gasteiger partial charge is 0.328 e. The lowest BCUT2D eigenvalue weighted by molar-refractivity contribution is -0.146. The first-order valence-corrected chi connectivity index (χ1v) is 23.7. The lowest BCUT2D eigenvalue weighted by Gasteiger charge is -2.31. The van der Waals surface area contributed by atoms with Gasteiger partial charge in [-0.15, -0.1) is 0 Å². The first-order chi connectivity index (χ1) is 35.8. The average Bonchev–Trinajstić information content (AvgIpc) is 3.87. The molecule has 29 heteroatoms. The Bertz CT molecular complexity index is 2420. The third kappa shape index (κ3) is 20.1. The highest BCUT2D eigenvalue weighted by Crippen LogP contribution is 2.21. The number of carboxylic acid groups (broad SMARTS) is 4. The van der Waals surface area contributed by atoms with E-state index in [4.69, 9.17) is 5.73 Å². The van der Waals surface area contributed by atoms with E-state index < -0.39 is 184 Å². The Kier molecular flexibility index (Phi) is 24.5. The number of nitrogens with zero attached hydrogens (tertiary/aromatic N) is 1. The van der Waals surface area contributed by atoms with Crippen molar-refractivity contribution >= 4 is 71.1 Å². The number of carbonyl (C=O) groups is 12. The number of aliphatic carboxylic acids is 4. The van der Waals surface area contributed by atoms with Gasteiger partial charge in [-0.2, -0.15) is 0 Å². The molecule has 9 unspecified atom stereocenters. The number of benzene rings is 2. The fourth-order valence-electron chi connectivity index (χ4n) is 7.57. The van der Waals surface area contributed by atoms with E-state index in [-0.39, 0.29) is 42.9 Å². The molecule has 2 aromatic rings. The van der Waals surface area contributed by atoms with Gasteiger partial charge in [0, 0.05) is 38.6 Å². The lowest BCUT2D eigenvalue weighted by Crippen LogP contribution is -2.61. The summed E-state index contributed by atoms with van der Waals surface area (Å²) in [6.07, 6.45) is -4.67. The van der Waals surface area contributed by atoms with Crippen LogP contribution in [0.5, 0.6) is 11.5 Å². The molecule has 8 amide bonds. The fraction of sp³-hybridized carbons (Fsp3) is 0.489. The zero-order valence-electron chi connectivity index (χ0n) is 41.0. The Labute approximate surface area is 432 Å². The van der Waals surface area contributed by atoms with Crippen molar-refractivity contribution in [2.24, 2.45) is 5.73 Å². The number of likely N-dealkylation sites (tertiary alicyclic amines) is 1. The van der Waals surface area contributed by atoms with Crippen LogP contribution in [-0.2, 0) is 70.4 Å². The molecular weight excluding hydrogens is 1010 g/mol. The fourth-order valence-corrected chi connectivity index (χ4v) is 7.57. The summed E-state index contributed by atoms with van der Waals surface area (Å²) in [6.45, 7) is -0.645. The maximum Gasteiger partial charge on any atom is 0.328 e. The van der Waals surface area contributed by atoms with Gasteiger partial charge in [-0.1, -0.05) is 24.3 Å². The lowest BCUT2D eigenvalue weighted by atomic mass is 10.0. The summed E-state index contributed by atoms with van der Waals surface area (Å²) < 4.78 is 0. The van der Waals surface area contributed by atoms with Gasteiger partial charge in [0.05, 0.1) is 13.2 Å². The SMILES string of the molecule is CC(NC(=O)C(N)CO)C(=O)NC(CCC(=O)O)C(=O)NC(CCC(=O)O)C(=O)NC(Cc1ccc(O)cc1)C(=O)NC(CCC(=O)O)C(=O)NC(Cc1ccc(O)cc1)C(=O)N1CCCC1C(=O)NC(CO)C(=O)O. The first-order valence-electron chi connectivity index (χ1n) is 23.7. The number of carboxylic acids is 4. The van der Waals surface area contributed by atoms with Crippen molar-refractivity contribution in [3.05, 3.63) is 59.7 Å². The summed E-state index contributed by atoms with van der Waals surface area (Å²) >= 11 is 0. The summed E-state index contributed by atoms with van der Waals surface area (Å²) in [4.78, 5) is 157. The molecule has 17 N–H and O–H groups in total. The van der Waals surface area contributed by atoms with Gasteiger partial charge < -0.3 is 88.7 Å². The Morgan fingerprint density at radius 3 is 1.33 bits per heavy atom. The molecule has 0 saturated carbocycles. The number of nitrogens with one attached hydrogen (secondary N) is 7. The van der Waals surface area contributed by atoms with Gasteiger partial charge in [0.25, 0.3) is 0 Å². The number of amides is 8. The average molecular weight is 1070 g/mol. The molecule has 0 bridgehead atoms. The van der Waals surface area contributed by atoms with E-state index in [2.05, 4.69) is 37.2 Å². The van der Waals surface area contributed by atoms with Gasteiger partial charge >= 0.3 is 23.9 Å². The number of aromatic hydroxyl groups is 2. The summed E-state index contributed by atoms with van der Waals surface area (Å²) in [5, 5.41) is 92.6. The van der Waals surface area contributed by atoms with Gasteiger partial charge in [0.1, 0.15) is 65.9 Å². The standard InChI is InChI=1S/C47H63N9O20/c1-23(49-40(68)28(48)21-57)39(67)50-29(12-15-36(61)62)41(69)51-30(13-16-37(63)64)42(70)53-32(19-24-4-8-26(59)9-5-24)44(72)52-31(14-17-38(65)66)43(71)54-33(20-25-6-10-27(60)11-7-25)46(74)56-18-2-3-35(56)45(73)55-34(22-58)47(75)76/h4-11,23,28-35,57-60H,2-3,12-22,48H2,1H3,(H,49,68)(H,50,67)(H,51,69)(H,52,72)(H,53,70)(H,54,71)(H,55,73)(H,61,62)(H,63,64)(H,65,66)(H,75,76). The number of phenols is 2. The van der Waals surface area contributed by atoms with E-state index in [0.717, 1.165) is 4.90 Å². The summed E-state index contributed by atoms with van der Waals surface area (Å²) in [7, 11) is 0. The van der Waals surface area contributed by atoms with E-state index in [0.29, 0.717) is 5.56 Å². The highest BCUT2D eigenvalue weighted by molar-refractivity contribution is 5.98. The number of rotatable bonds is 31. The van der Waals surface area contributed by atoms with Crippen LogP contribution in [0.3, 0.4) is 0 Å². The van der Waals surface area contributed by atoms with Crippen LogP contribution in [0.15, 0.2) is 48.5 Å². The van der Waals surface area contributed by atoms with Crippen LogP contribution in [0.25, 0.3) is 0 Å². The molecule has 1 fully saturated rings. The largest absolute Gasteiger partial charge is 0.508 e. The molecule has 416 valence electrons. The Hall–Kier alpha value is -8.44. The topological polar surface area (TPSA) is 480 Å². The number of hydrogen-bond donors (Lipinski definition) is 16. The summed E-state index contributed by atoms with van der Waals surface area (Å²) in [5.74, 6) is -14.8. The maximum absolute atomic E-state index is 14.4. The quantitative estimate of drug-likeness (QED) is 0.0337. The third-order valence-corrected chi connectivity index (χ3v) is 11.8. The molecule has 76 heavy (non-hydrogen) atoms. The summed E-state index contributed by atoms with van der Waals surface area (Å²) in [5.41, 5.74) is 6.08. The monoisotopic (exact) mass is 1070 g/mol. The number of phenolic OH excluding ortho intramolecular Hbond substituents is 2. The van der Waals surface area contributed by atoms with Gasteiger partial charge in [0.2, 0.25) is 47.3 Å². The van der Waals surface area contributed by atoms with E-state index >= 15 is 0 Å². The van der Waals surface area contributed by atoms with Crippen molar-refractivity contribution in [3.63, 3.8) is 0 Å². The highest BCUT2D eigenvalue weighted by Gasteiger charge is 2.40. The van der Waals surface area contributed by atoms with E-state index in [1.165, 1.54) is 55.5 Å². The Balaban J connectivity index is 2.00. The minimum absolute atomic E-state index is 0.0478. The number of aliphatic hydroxyl groups excluding tert-OH is 2. The van der Waals surface area contributed by atoms with Crippen LogP contribution in [-0.4, -0.2) is 191 Å². The minimum atomic E-state index is -1.85. The molecule has 1 heterocycles. The van der Waals surface area contributed by atoms with Gasteiger partial charge in [-0.25, -0.2) is 4.79 Å². The van der Waals surface area contributed by atoms with Crippen molar-refractivity contribution in [1.82, 2.24) is 42.1 Å². The second kappa shape index (κ2) is 30.1. The van der Waals surface area contributed by atoms with Gasteiger partial charge in [-0.3, -0.25) is 52.7 Å². The second-order valence-corrected chi connectivity index (χ2v) is 17.6. The van der Waals surface area contributed by atoms with Crippen LogP contribution in [0.2, 0.25) is 0 Å². The van der Waals surface area contributed by atoms with Crippen LogP contribution < -0.4 is 43.0 Å². The third-order valence-electron chi connectivity index (χ3n) is 11.8. The predicted octanol–water partition coefficient (Wildman–Crippen LogP) is -4.72. The number of aliphatic hydroxyl groups is 2. The van der Waals surface area contributed by atoms with Crippen molar-refractivity contribution in [1.29, 1.82) is 0 Å². The molecule has 0 spiro atoms. The second-order valence-electron chi connectivity index (χ2n) is 17.6.